The van der Waals surface area contributed by atoms with Crippen LogP contribution < -0.4 is 33.2 Å². The molecule has 13 heteroatoms. The summed E-state index contributed by atoms with van der Waals surface area (Å²) in [5.41, 5.74) is 16.6. The van der Waals surface area contributed by atoms with Crippen LogP contribution in [0.15, 0.2) is 35.3 Å². The lowest BCUT2D eigenvalue weighted by atomic mass is 10.0. The molecule has 0 aliphatic rings. The van der Waals surface area contributed by atoms with Crippen molar-refractivity contribution in [2.75, 3.05) is 19.7 Å². The lowest BCUT2D eigenvalue weighted by molar-refractivity contribution is -0.143. The quantitative estimate of drug-likeness (QED) is 0.0782. The minimum absolute atomic E-state index is 0.0434. The lowest BCUT2D eigenvalue weighted by Crippen LogP contribution is -2.57. The van der Waals surface area contributed by atoms with E-state index in [2.05, 4.69) is 20.9 Å². The van der Waals surface area contributed by atoms with E-state index in [0.717, 1.165) is 0 Å². The average Bonchev–Trinajstić information content (AvgIpc) is 2.78. The van der Waals surface area contributed by atoms with Crippen molar-refractivity contribution in [3.63, 3.8) is 0 Å². The Morgan fingerprint density at radius 1 is 0.939 bits per heavy atom. The molecule has 1 rings (SSSR count). The van der Waals surface area contributed by atoms with Crippen LogP contribution in [0, 0.1) is 0 Å². The van der Waals surface area contributed by atoms with E-state index in [9.17, 15) is 24.3 Å². The SMILES string of the molecule is NCC(=O)NC(CCCN=C(N)N)C(=O)NC(Cc1ccccc1)C(=O)NC(CO)C(=O)O. The zero-order valence-corrected chi connectivity index (χ0v) is 18.1. The summed E-state index contributed by atoms with van der Waals surface area (Å²) in [7, 11) is 0. The molecule has 33 heavy (non-hydrogen) atoms. The van der Waals surface area contributed by atoms with Crippen LogP contribution in [-0.2, 0) is 25.6 Å². The van der Waals surface area contributed by atoms with Crippen molar-refractivity contribution in [2.24, 2.45) is 22.2 Å². The highest BCUT2D eigenvalue weighted by Gasteiger charge is 2.29. The normalized spacial score (nSPS) is 13.2. The van der Waals surface area contributed by atoms with Gasteiger partial charge in [-0.05, 0) is 18.4 Å². The molecule has 0 saturated carbocycles. The van der Waals surface area contributed by atoms with E-state index in [4.69, 9.17) is 22.3 Å². The number of aliphatic imine (C=N–C) groups is 1. The molecule has 0 spiro atoms. The molecular formula is C20H31N7O6. The summed E-state index contributed by atoms with van der Waals surface area (Å²) in [6.45, 7) is -0.954. The molecule has 11 N–H and O–H groups in total. The second-order valence-electron chi connectivity index (χ2n) is 7.11. The summed E-state index contributed by atoms with van der Waals surface area (Å²) in [6, 6.07) is 4.98. The molecule has 182 valence electrons. The van der Waals surface area contributed by atoms with Gasteiger partial charge >= 0.3 is 5.97 Å². The van der Waals surface area contributed by atoms with Crippen LogP contribution in [0.2, 0.25) is 0 Å². The van der Waals surface area contributed by atoms with Crippen molar-refractivity contribution >= 4 is 29.7 Å². The first-order chi connectivity index (χ1) is 15.7. The van der Waals surface area contributed by atoms with E-state index >= 15 is 0 Å². The van der Waals surface area contributed by atoms with E-state index in [1.165, 1.54) is 0 Å². The van der Waals surface area contributed by atoms with Crippen molar-refractivity contribution in [1.82, 2.24) is 16.0 Å². The summed E-state index contributed by atoms with van der Waals surface area (Å²) in [6.07, 6.45) is 0.548. The molecule has 1 aromatic rings. The molecule has 0 heterocycles. The summed E-state index contributed by atoms with van der Waals surface area (Å²) >= 11 is 0. The number of guanidine groups is 1. The molecule has 3 unspecified atom stereocenters. The zero-order chi connectivity index (χ0) is 24.8. The Morgan fingerprint density at radius 3 is 2.09 bits per heavy atom. The van der Waals surface area contributed by atoms with Gasteiger partial charge in [-0.25, -0.2) is 4.79 Å². The van der Waals surface area contributed by atoms with Crippen LogP contribution in [0.3, 0.4) is 0 Å². The van der Waals surface area contributed by atoms with Gasteiger partial charge in [0.1, 0.15) is 18.1 Å². The first-order valence-corrected chi connectivity index (χ1v) is 10.2. The van der Waals surface area contributed by atoms with Crippen LogP contribution >= 0.6 is 0 Å². The van der Waals surface area contributed by atoms with Gasteiger partial charge in [0.2, 0.25) is 17.7 Å². The average molecular weight is 466 g/mol. The highest BCUT2D eigenvalue weighted by molar-refractivity contribution is 5.93. The van der Waals surface area contributed by atoms with Crippen molar-refractivity contribution < 1.29 is 29.4 Å². The Balaban J connectivity index is 3.01. The summed E-state index contributed by atoms with van der Waals surface area (Å²) in [5.74, 6) is -3.60. The molecule has 0 bridgehead atoms. The Hall–Kier alpha value is -3.71. The van der Waals surface area contributed by atoms with E-state index in [1.807, 2.05) is 0 Å². The van der Waals surface area contributed by atoms with Crippen LogP contribution in [0.25, 0.3) is 0 Å². The molecule has 0 radical (unpaired) electrons. The molecule has 3 amide bonds. The summed E-state index contributed by atoms with van der Waals surface area (Å²) < 4.78 is 0. The van der Waals surface area contributed by atoms with Crippen molar-refractivity contribution in [2.45, 2.75) is 37.4 Å². The zero-order valence-electron chi connectivity index (χ0n) is 18.1. The minimum Gasteiger partial charge on any atom is -0.480 e. The minimum atomic E-state index is -1.54. The molecule has 13 nitrogen and oxygen atoms in total. The first kappa shape index (κ1) is 27.3. The second kappa shape index (κ2) is 14.4. The van der Waals surface area contributed by atoms with Crippen LogP contribution in [0.5, 0.6) is 0 Å². The van der Waals surface area contributed by atoms with Gasteiger partial charge in [-0.2, -0.15) is 0 Å². The Kier molecular flexibility index (Phi) is 11.9. The van der Waals surface area contributed by atoms with Crippen LogP contribution in [-0.4, -0.2) is 77.7 Å². The van der Waals surface area contributed by atoms with Crippen LogP contribution in [0.4, 0.5) is 0 Å². The van der Waals surface area contributed by atoms with E-state index in [1.54, 1.807) is 30.3 Å². The van der Waals surface area contributed by atoms with E-state index in [0.29, 0.717) is 12.0 Å². The maximum atomic E-state index is 12.9. The molecule has 3 atom stereocenters. The first-order valence-electron chi connectivity index (χ1n) is 10.2. The molecule has 0 aromatic heterocycles. The smallest absolute Gasteiger partial charge is 0.328 e. The van der Waals surface area contributed by atoms with Gasteiger partial charge < -0.3 is 43.4 Å². The van der Waals surface area contributed by atoms with E-state index < -0.39 is 48.4 Å². The monoisotopic (exact) mass is 465 g/mol. The second-order valence-corrected chi connectivity index (χ2v) is 7.11. The highest BCUT2D eigenvalue weighted by atomic mass is 16.4. The molecule has 1 aromatic carbocycles. The van der Waals surface area contributed by atoms with Crippen molar-refractivity contribution in [3.8, 4) is 0 Å². The number of rotatable bonds is 14. The number of carbonyl (C=O) groups excluding carboxylic acids is 3. The van der Waals surface area contributed by atoms with Crippen molar-refractivity contribution in [1.29, 1.82) is 0 Å². The number of carboxylic acid groups (broad SMARTS) is 1. The Labute approximate surface area is 190 Å². The molecule has 0 aliphatic heterocycles. The number of carboxylic acids is 1. The number of nitrogens with one attached hydrogen (secondary N) is 3. The standard InChI is InChI=1S/C20H31N7O6/c21-10-16(29)25-13(7-4-8-24-20(22)23)17(30)26-14(9-12-5-2-1-3-6-12)18(31)27-15(11-28)19(32)33/h1-3,5-6,13-15,28H,4,7-11,21H2,(H,25,29)(H,26,30)(H,27,31)(H,32,33)(H4,22,23,24). The molecular weight excluding hydrogens is 434 g/mol. The number of aliphatic carboxylic acids is 1. The highest BCUT2D eigenvalue weighted by Crippen LogP contribution is 2.06. The molecule has 0 fully saturated rings. The Morgan fingerprint density at radius 2 is 1.55 bits per heavy atom. The number of aliphatic hydroxyl groups excluding tert-OH is 1. The predicted octanol–water partition coefficient (Wildman–Crippen LogP) is -3.23. The third kappa shape index (κ3) is 10.4. The number of aliphatic hydroxyl groups is 1. The fraction of sp³-hybridized carbons (Fsp3) is 0.450. The third-order valence-corrected chi connectivity index (χ3v) is 4.50. The Bertz CT molecular complexity index is 829. The predicted molar refractivity (Wildman–Crippen MR) is 120 cm³/mol. The number of benzene rings is 1. The number of nitrogens with two attached hydrogens (primary N) is 3. The van der Waals surface area contributed by atoms with Gasteiger partial charge in [-0.3, -0.25) is 19.4 Å². The summed E-state index contributed by atoms with van der Waals surface area (Å²) in [5, 5.41) is 25.5. The van der Waals surface area contributed by atoms with Crippen LogP contribution in [0.1, 0.15) is 18.4 Å². The lowest BCUT2D eigenvalue weighted by Gasteiger charge is -2.24. The van der Waals surface area contributed by atoms with Gasteiger partial charge in [-0.15, -0.1) is 0 Å². The topological polar surface area (TPSA) is 235 Å². The van der Waals surface area contributed by atoms with E-state index in [-0.39, 0.29) is 31.9 Å². The fourth-order valence-electron chi connectivity index (χ4n) is 2.81. The molecule has 0 saturated heterocycles. The maximum absolute atomic E-state index is 12.9. The van der Waals surface area contributed by atoms with Gasteiger partial charge in [0, 0.05) is 13.0 Å². The number of amides is 3. The summed E-state index contributed by atoms with van der Waals surface area (Å²) in [4.78, 5) is 52.4. The largest absolute Gasteiger partial charge is 0.480 e. The maximum Gasteiger partial charge on any atom is 0.328 e. The number of carbonyl (C=O) groups is 4. The molecule has 0 aliphatic carbocycles. The van der Waals surface area contributed by atoms with Crippen molar-refractivity contribution in [3.05, 3.63) is 35.9 Å². The third-order valence-electron chi connectivity index (χ3n) is 4.50. The van der Waals surface area contributed by atoms with Gasteiger partial charge in [0.25, 0.3) is 0 Å². The van der Waals surface area contributed by atoms with Gasteiger partial charge in [0.05, 0.1) is 13.2 Å². The van der Waals surface area contributed by atoms with Gasteiger partial charge in [0.15, 0.2) is 5.96 Å². The van der Waals surface area contributed by atoms with Gasteiger partial charge in [-0.1, -0.05) is 30.3 Å². The number of hydrogen-bond donors (Lipinski definition) is 8. The fourth-order valence-corrected chi connectivity index (χ4v) is 2.81. The number of hydrogen-bond acceptors (Lipinski definition) is 7. The number of nitrogens with zero attached hydrogens (tertiary/aromatic N) is 1.